The Morgan fingerprint density at radius 1 is 1.06 bits per heavy atom. The molecule has 1 fully saturated rings. The zero-order valence-electron chi connectivity index (χ0n) is 17.8. The number of thiophene rings is 1. The lowest BCUT2D eigenvalue weighted by Gasteiger charge is -2.20. The SMILES string of the molecule is O=C(Cn1c(CCCNC(=O)C2CCCCC2)nc2ccccc21)NCc1cccs1. The number of imidazole rings is 1. The third kappa shape index (κ3) is 5.73. The predicted octanol–water partition coefficient (Wildman–Crippen LogP) is 4.04. The van der Waals surface area contributed by atoms with Crippen LogP contribution in [-0.4, -0.2) is 27.9 Å². The maximum absolute atomic E-state index is 12.6. The van der Waals surface area contributed by atoms with E-state index in [-0.39, 0.29) is 24.3 Å². The number of aromatic nitrogens is 2. The third-order valence-corrected chi connectivity index (χ3v) is 6.80. The van der Waals surface area contributed by atoms with Gasteiger partial charge >= 0.3 is 0 Å². The molecule has 4 rings (SSSR count). The first-order valence-electron chi connectivity index (χ1n) is 11.2. The van der Waals surface area contributed by atoms with E-state index < -0.39 is 0 Å². The molecule has 31 heavy (non-hydrogen) atoms. The molecule has 0 atom stereocenters. The summed E-state index contributed by atoms with van der Waals surface area (Å²) in [5.74, 6) is 1.24. The lowest BCUT2D eigenvalue weighted by atomic mass is 9.89. The number of rotatable bonds is 9. The number of hydrogen-bond donors (Lipinski definition) is 2. The third-order valence-electron chi connectivity index (χ3n) is 5.93. The summed E-state index contributed by atoms with van der Waals surface area (Å²) in [5, 5.41) is 8.11. The lowest BCUT2D eigenvalue weighted by molar-refractivity contribution is -0.126. The van der Waals surface area contributed by atoms with Gasteiger partial charge in [-0.05, 0) is 42.8 Å². The molecule has 2 heterocycles. The first-order chi connectivity index (χ1) is 15.2. The van der Waals surface area contributed by atoms with Crippen LogP contribution in [0.1, 0.15) is 49.2 Å². The zero-order chi connectivity index (χ0) is 21.5. The number of carbonyl (C=O) groups excluding carboxylic acids is 2. The summed E-state index contributed by atoms with van der Waals surface area (Å²) < 4.78 is 2.00. The highest BCUT2D eigenvalue weighted by Crippen LogP contribution is 2.23. The van der Waals surface area contributed by atoms with Crippen LogP contribution in [0, 0.1) is 5.92 Å². The average molecular weight is 439 g/mol. The Labute approximate surface area is 187 Å². The van der Waals surface area contributed by atoms with Crippen molar-refractivity contribution in [3.05, 3.63) is 52.5 Å². The number of nitrogens with one attached hydrogen (secondary N) is 2. The van der Waals surface area contributed by atoms with Crippen LogP contribution in [0.3, 0.4) is 0 Å². The molecule has 0 saturated heterocycles. The summed E-state index contributed by atoms with van der Waals surface area (Å²) in [6, 6.07) is 11.9. The Morgan fingerprint density at radius 2 is 1.90 bits per heavy atom. The maximum Gasteiger partial charge on any atom is 0.240 e. The van der Waals surface area contributed by atoms with Crippen molar-refractivity contribution in [1.29, 1.82) is 0 Å². The van der Waals surface area contributed by atoms with Gasteiger partial charge < -0.3 is 15.2 Å². The predicted molar refractivity (Wildman–Crippen MR) is 124 cm³/mol. The molecule has 6 nitrogen and oxygen atoms in total. The second-order valence-electron chi connectivity index (χ2n) is 8.19. The maximum atomic E-state index is 12.6. The largest absolute Gasteiger partial charge is 0.356 e. The number of amides is 2. The van der Waals surface area contributed by atoms with Crippen LogP contribution < -0.4 is 10.6 Å². The molecule has 1 aromatic carbocycles. The van der Waals surface area contributed by atoms with Gasteiger partial charge in [0.2, 0.25) is 11.8 Å². The summed E-state index contributed by atoms with van der Waals surface area (Å²) >= 11 is 1.64. The molecule has 2 N–H and O–H groups in total. The van der Waals surface area contributed by atoms with Crippen molar-refractivity contribution in [2.45, 2.75) is 58.0 Å². The van der Waals surface area contributed by atoms with Crippen molar-refractivity contribution in [3.8, 4) is 0 Å². The number of carbonyl (C=O) groups is 2. The van der Waals surface area contributed by atoms with Crippen LogP contribution in [0.15, 0.2) is 41.8 Å². The molecule has 1 aliphatic carbocycles. The molecule has 0 unspecified atom stereocenters. The van der Waals surface area contributed by atoms with Crippen LogP contribution >= 0.6 is 11.3 Å². The van der Waals surface area contributed by atoms with Crippen molar-refractivity contribution < 1.29 is 9.59 Å². The van der Waals surface area contributed by atoms with E-state index in [9.17, 15) is 9.59 Å². The van der Waals surface area contributed by atoms with Crippen molar-refractivity contribution in [2.24, 2.45) is 5.92 Å². The van der Waals surface area contributed by atoms with Crippen LogP contribution in [-0.2, 0) is 29.1 Å². The van der Waals surface area contributed by atoms with Gasteiger partial charge in [-0.25, -0.2) is 4.98 Å². The molecule has 0 spiro atoms. The summed E-state index contributed by atoms with van der Waals surface area (Å²) in [5.41, 5.74) is 1.87. The summed E-state index contributed by atoms with van der Waals surface area (Å²) in [7, 11) is 0. The topological polar surface area (TPSA) is 76.0 Å². The van der Waals surface area contributed by atoms with Gasteiger partial charge in [0.25, 0.3) is 0 Å². The fraction of sp³-hybridized carbons (Fsp3) is 0.458. The van der Waals surface area contributed by atoms with Gasteiger partial charge in [-0.1, -0.05) is 37.5 Å². The van der Waals surface area contributed by atoms with Gasteiger partial charge in [0.05, 0.1) is 17.6 Å². The van der Waals surface area contributed by atoms with Gasteiger partial charge in [0.1, 0.15) is 12.4 Å². The summed E-state index contributed by atoms with van der Waals surface area (Å²) in [4.78, 5) is 30.8. The first-order valence-corrected chi connectivity index (χ1v) is 12.1. The number of aryl methyl sites for hydroxylation is 1. The number of hydrogen-bond acceptors (Lipinski definition) is 4. The fourth-order valence-corrected chi connectivity index (χ4v) is 4.90. The Kier molecular flexibility index (Phi) is 7.35. The highest BCUT2D eigenvalue weighted by atomic mass is 32.1. The minimum atomic E-state index is -0.0246. The van der Waals surface area contributed by atoms with Crippen LogP contribution in [0.4, 0.5) is 0 Å². The van der Waals surface area contributed by atoms with E-state index in [1.54, 1.807) is 11.3 Å². The summed E-state index contributed by atoms with van der Waals surface area (Å²) in [6.45, 7) is 1.43. The van der Waals surface area contributed by atoms with Crippen LogP contribution in [0.5, 0.6) is 0 Å². The minimum Gasteiger partial charge on any atom is -0.356 e. The van der Waals surface area contributed by atoms with Crippen molar-refractivity contribution in [3.63, 3.8) is 0 Å². The Morgan fingerprint density at radius 3 is 2.71 bits per heavy atom. The van der Waals surface area contributed by atoms with E-state index >= 15 is 0 Å². The Bertz CT molecular complexity index is 1010. The molecule has 7 heteroatoms. The molecule has 0 radical (unpaired) electrons. The smallest absolute Gasteiger partial charge is 0.240 e. The molecule has 1 aliphatic rings. The number of nitrogens with zero attached hydrogens (tertiary/aromatic N) is 2. The highest BCUT2D eigenvalue weighted by Gasteiger charge is 2.20. The van der Waals surface area contributed by atoms with Crippen molar-refractivity contribution >= 4 is 34.2 Å². The highest BCUT2D eigenvalue weighted by molar-refractivity contribution is 7.09. The molecule has 0 aliphatic heterocycles. The molecular weight excluding hydrogens is 408 g/mol. The summed E-state index contributed by atoms with van der Waals surface area (Å²) in [6.07, 6.45) is 7.13. The Balaban J connectivity index is 1.34. The minimum absolute atomic E-state index is 0.0246. The molecular formula is C24H30N4O2S. The second kappa shape index (κ2) is 10.6. The van der Waals surface area contributed by atoms with Gasteiger partial charge in [-0.3, -0.25) is 9.59 Å². The van der Waals surface area contributed by atoms with Gasteiger partial charge in [-0.2, -0.15) is 0 Å². The number of fused-ring (bicyclic) bond motifs is 1. The fourth-order valence-electron chi connectivity index (χ4n) is 4.26. The van der Waals surface area contributed by atoms with E-state index in [0.717, 1.165) is 60.3 Å². The van der Waals surface area contributed by atoms with Crippen molar-refractivity contribution in [1.82, 2.24) is 20.2 Å². The van der Waals surface area contributed by atoms with Crippen LogP contribution in [0.2, 0.25) is 0 Å². The molecule has 2 aromatic heterocycles. The quantitative estimate of drug-likeness (QED) is 0.495. The molecule has 3 aromatic rings. The van der Waals surface area contributed by atoms with E-state index in [1.165, 1.54) is 6.42 Å². The second-order valence-corrected chi connectivity index (χ2v) is 9.22. The van der Waals surface area contributed by atoms with Gasteiger partial charge in [-0.15, -0.1) is 11.3 Å². The molecule has 1 saturated carbocycles. The van der Waals surface area contributed by atoms with Crippen LogP contribution in [0.25, 0.3) is 11.0 Å². The van der Waals surface area contributed by atoms with Gasteiger partial charge in [0, 0.05) is 23.8 Å². The normalized spacial score (nSPS) is 14.6. The Hall–Kier alpha value is -2.67. The van der Waals surface area contributed by atoms with E-state index in [2.05, 4.69) is 10.6 Å². The number of para-hydroxylation sites is 2. The average Bonchev–Trinajstić information content (AvgIpc) is 3.44. The van der Waals surface area contributed by atoms with E-state index in [1.807, 2.05) is 46.3 Å². The van der Waals surface area contributed by atoms with E-state index in [0.29, 0.717) is 13.1 Å². The molecule has 0 bridgehead atoms. The molecule has 2 amide bonds. The molecule has 164 valence electrons. The van der Waals surface area contributed by atoms with Crippen molar-refractivity contribution in [2.75, 3.05) is 6.54 Å². The zero-order valence-corrected chi connectivity index (χ0v) is 18.6. The number of benzene rings is 1. The first kappa shape index (κ1) is 21.6. The lowest BCUT2D eigenvalue weighted by Crippen LogP contribution is -2.32. The van der Waals surface area contributed by atoms with E-state index in [4.69, 9.17) is 4.98 Å². The standard InChI is InChI=1S/C24H30N4O2S/c29-23(26-16-19-10-7-15-31-19)17-28-21-12-5-4-11-20(21)27-22(28)13-6-14-25-24(30)18-8-2-1-3-9-18/h4-5,7,10-12,15,18H,1-3,6,8-9,13-14,16-17H2,(H,25,30)(H,26,29). The van der Waals surface area contributed by atoms with Gasteiger partial charge in [0.15, 0.2) is 0 Å². The monoisotopic (exact) mass is 438 g/mol.